The Balaban J connectivity index is 2.05. The average molecular weight is 334 g/mol. The van der Waals surface area contributed by atoms with E-state index in [0.29, 0.717) is 11.5 Å². The molecular formula is C20H18N2OS. The Morgan fingerprint density at radius 1 is 0.917 bits per heavy atom. The van der Waals surface area contributed by atoms with Crippen molar-refractivity contribution in [2.75, 3.05) is 4.90 Å². The fourth-order valence-electron chi connectivity index (χ4n) is 2.54. The van der Waals surface area contributed by atoms with Crippen LogP contribution in [-0.4, -0.2) is 11.0 Å². The van der Waals surface area contributed by atoms with Crippen LogP contribution in [0.2, 0.25) is 0 Å². The van der Waals surface area contributed by atoms with Crippen LogP contribution in [0, 0.1) is 0 Å². The van der Waals surface area contributed by atoms with Gasteiger partial charge in [0.05, 0.1) is 0 Å². The van der Waals surface area contributed by atoms with Crippen LogP contribution in [0.4, 0.5) is 11.4 Å². The lowest BCUT2D eigenvalue weighted by Gasteiger charge is -2.26. The van der Waals surface area contributed by atoms with Gasteiger partial charge in [-0.25, -0.2) is 0 Å². The maximum absolute atomic E-state index is 11.8. The van der Waals surface area contributed by atoms with Gasteiger partial charge in [-0.2, -0.15) is 0 Å². The summed E-state index contributed by atoms with van der Waals surface area (Å²) >= 11 is 5.50. The zero-order valence-electron chi connectivity index (χ0n) is 13.4. The Hall–Kier alpha value is -2.72. The first kappa shape index (κ1) is 16.1. The molecule has 0 radical (unpaired) electrons. The molecule has 0 saturated carbocycles. The summed E-state index contributed by atoms with van der Waals surface area (Å²) in [7, 11) is 0. The number of amides is 1. The number of thiocarbonyl (C=S) groups is 1. The Morgan fingerprint density at radius 2 is 1.58 bits per heavy atom. The predicted molar refractivity (Wildman–Crippen MR) is 104 cm³/mol. The van der Waals surface area contributed by atoms with E-state index >= 15 is 0 Å². The lowest BCUT2D eigenvalue weighted by atomic mass is 10.1. The number of carbonyl (C=O) groups is 1. The standard InChI is InChI=1S/C20H18N2OS/c1-2-19(23)21-20(24)22(17-10-4-3-5-11-17)18-13-12-15-8-6-7-9-16(15)14-18/h3-14H,2H2,1H3,(H,21,23,24). The van der Waals surface area contributed by atoms with E-state index in [1.54, 1.807) is 6.92 Å². The number of hydrogen-bond donors (Lipinski definition) is 1. The van der Waals surface area contributed by atoms with Gasteiger partial charge in [0.1, 0.15) is 0 Å². The van der Waals surface area contributed by atoms with Gasteiger partial charge in [-0.05, 0) is 47.3 Å². The second-order valence-corrected chi connectivity index (χ2v) is 5.80. The highest BCUT2D eigenvalue weighted by Gasteiger charge is 2.16. The van der Waals surface area contributed by atoms with Crippen molar-refractivity contribution in [3.8, 4) is 0 Å². The van der Waals surface area contributed by atoms with Crippen molar-refractivity contribution in [2.45, 2.75) is 13.3 Å². The van der Waals surface area contributed by atoms with E-state index in [2.05, 4.69) is 29.6 Å². The smallest absolute Gasteiger partial charge is 0.225 e. The van der Waals surface area contributed by atoms with Crippen LogP contribution in [0.25, 0.3) is 10.8 Å². The van der Waals surface area contributed by atoms with E-state index in [1.807, 2.05) is 53.4 Å². The highest BCUT2D eigenvalue weighted by atomic mass is 32.1. The molecule has 3 nitrogen and oxygen atoms in total. The minimum Gasteiger partial charge on any atom is -0.302 e. The number of para-hydroxylation sites is 1. The topological polar surface area (TPSA) is 32.3 Å². The second-order valence-electron chi connectivity index (χ2n) is 5.41. The SMILES string of the molecule is CCC(=O)NC(=S)N(c1ccccc1)c1ccc2ccccc2c1. The van der Waals surface area contributed by atoms with Crippen LogP contribution in [0.3, 0.4) is 0 Å². The average Bonchev–Trinajstić information content (AvgIpc) is 2.62. The van der Waals surface area contributed by atoms with Crippen molar-refractivity contribution in [1.29, 1.82) is 0 Å². The molecule has 0 unspecified atom stereocenters. The van der Waals surface area contributed by atoms with Crippen molar-refractivity contribution in [1.82, 2.24) is 5.32 Å². The summed E-state index contributed by atoms with van der Waals surface area (Å²) in [5.41, 5.74) is 1.83. The van der Waals surface area contributed by atoms with E-state index < -0.39 is 0 Å². The Labute approximate surface area is 146 Å². The summed E-state index contributed by atoms with van der Waals surface area (Å²) in [6.45, 7) is 1.81. The van der Waals surface area contributed by atoms with Crippen molar-refractivity contribution in [2.24, 2.45) is 0 Å². The highest BCUT2D eigenvalue weighted by Crippen LogP contribution is 2.28. The molecule has 0 spiro atoms. The lowest BCUT2D eigenvalue weighted by molar-refractivity contribution is -0.119. The lowest BCUT2D eigenvalue weighted by Crippen LogP contribution is -2.39. The number of nitrogens with one attached hydrogen (secondary N) is 1. The fourth-order valence-corrected chi connectivity index (χ4v) is 2.86. The molecule has 4 heteroatoms. The van der Waals surface area contributed by atoms with E-state index in [1.165, 1.54) is 0 Å². The summed E-state index contributed by atoms with van der Waals surface area (Å²) in [5, 5.41) is 5.46. The Bertz CT molecular complexity index is 877. The van der Waals surface area contributed by atoms with Gasteiger partial charge in [0.25, 0.3) is 0 Å². The minimum atomic E-state index is -0.0956. The molecule has 0 aliphatic carbocycles. The molecule has 0 saturated heterocycles. The summed E-state index contributed by atoms with van der Waals surface area (Å²) in [6.07, 6.45) is 0.389. The van der Waals surface area contributed by atoms with Gasteiger partial charge in [0, 0.05) is 17.8 Å². The van der Waals surface area contributed by atoms with Crippen LogP contribution < -0.4 is 10.2 Å². The number of nitrogens with zero attached hydrogens (tertiary/aromatic N) is 1. The van der Waals surface area contributed by atoms with Gasteiger partial charge in [0.15, 0.2) is 5.11 Å². The largest absolute Gasteiger partial charge is 0.302 e. The maximum Gasteiger partial charge on any atom is 0.225 e. The second kappa shape index (κ2) is 7.23. The molecule has 0 aromatic heterocycles. The van der Waals surface area contributed by atoms with Gasteiger partial charge < -0.3 is 5.32 Å². The Kier molecular flexibility index (Phi) is 4.87. The van der Waals surface area contributed by atoms with Crippen LogP contribution in [0.15, 0.2) is 72.8 Å². The zero-order chi connectivity index (χ0) is 16.9. The van der Waals surface area contributed by atoms with E-state index in [9.17, 15) is 4.79 Å². The first-order valence-electron chi connectivity index (χ1n) is 7.87. The molecule has 120 valence electrons. The van der Waals surface area contributed by atoms with Crippen molar-refractivity contribution in [3.05, 3.63) is 72.8 Å². The molecule has 3 aromatic rings. The number of rotatable bonds is 3. The maximum atomic E-state index is 11.8. The summed E-state index contributed by atoms with van der Waals surface area (Å²) in [6, 6.07) is 24.1. The molecule has 3 rings (SSSR count). The first-order chi connectivity index (χ1) is 11.7. The third-order valence-electron chi connectivity index (χ3n) is 3.78. The molecule has 0 atom stereocenters. The van der Waals surface area contributed by atoms with Crippen LogP contribution >= 0.6 is 12.2 Å². The van der Waals surface area contributed by atoms with Gasteiger partial charge >= 0.3 is 0 Å². The van der Waals surface area contributed by atoms with E-state index in [4.69, 9.17) is 12.2 Å². The van der Waals surface area contributed by atoms with Gasteiger partial charge in [-0.1, -0.05) is 55.5 Å². The normalized spacial score (nSPS) is 10.4. The molecule has 0 fully saturated rings. The van der Waals surface area contributed by atoms with E-state index in [0.717, 1.165) is 22.1 Å². The quantitative estimate of drug-likeness (QED) is 0.699. The third-order valence-corrected chi connectivity index (χ3v) is 4.06. The molecule has 0 heterocycles. The van der Waals surface area contributed by atoms with Gasteiger partial charge in [0.2, 0.25) is 5.91 Å². The highest BCUT2D eigenvalue weighted by molar-refractivity contribution is 7.80. The molecule has 1 amide bonds. The number of hydrogen-bond acceptors (Lipinski definition) is 2. The number of benzene rings is 3. The number of carbonyl (C=O) groups excluding carboxylic acids is 1. The predicted octanol–water partition coefficient (Wildman–Crippen LogP) is 4.79. The molecule has 0 aliphatic heterocycles. The third kappa shape index (κ3) is 3.44. The summed E-state index contributed by atoms with van der Waals surface area (Å²) < 4.78 is 0. The fraction of sp³-hybridized carbons (Fsp3) is 0.100. The molecule has 3 aromatic carbocycles. The number of fused-ring (bicyclic) bond motifs is 1. The number of anilines is 2. The van der Waals surface area contributed by atoms with Crippen LogP contribution in [0.5, 0.6) is 0 Å². The van der Waals surface area contributed by atoms with Gasteiger partial charge in [-0.15, -0.1) is 0 Å². The summed E-state index contributed by atoms with van der Waals surface area (Å²) in [4.78, 5) is 13.7. The molecule has 0 bridgehead atoms. The molecule has 0 aliphatic rings. The van der Waals surface area contributed by atoms with Crippen molar-refractivity contribution < 1.29 is 4.79 Å². The monoisotopic (exact) mass is 334 g/mol. The summed E-state index contributed by atoms with van der Waals surface area (Å²) in [5.74, 6) is -0.0956. The molecular weight excluding hydrogens is 316 g/mol. The van der Waals surface area contributed by atoms with Crippen LogP contribution in [-0.2, 0) is 4.79 Å². The Morgan fingerprint density at radius 3 is 2.29 bits per heavy atom. The zero-order valence-corrected chi connectivity index (χ0v) is 14.2. The van der Waals surface area contributed by atoms with E-state index in [-0.39, 0.29) is 5.91 Å². The van der Waals surface area contributed by atoms with Crippen molar-refractivity contribution in [3.63, 3.8) is 0 Å². The minimum absolute atomic E-state index is 0.0956. The molecule has 1 N–H and O–H groups in total. The van der Waals surface area contributed by atoms with Gasteiger partial charge in [-0.3, -0.25) is 9.69 Å². The first-order valence-corrected chi connectivity index (χ1v) is 8.27. The molecule has 24 heavy (non-hydrogen) atoms. The van der Waals surface area contributed by atoms with Crippen molar-refractivity contribution >= 4 is 45.4 Å². The van der Waals surface area contributed by atoms with Crippen LogP contribution in [0.1, 0.15) is 13.3 Å².